The molecule has 0 aliphatic heterocycles. The van der Waals surface area contributed by atoms with Gasteiger partial charge >= 0.3 is 0 Å². The smallest absolute Gasteiger partial charge is 0.147 e. The monoisotopic (exact) mass is 227 g/mol. The molecule has 0 saturated heterocycles. The van der Waals surface area contributed by atoms with Gasteiger partial charge in [-0.2, -0.15) is 0 Å². The molecule has 84 valence electrons. The van der Waals surface area contributed by atoms with Crippen LogP contribution in [0.1, 0.15) is 33.1 Å². The normalized spacial score (nSPS) is 12.7. The standard InChI is InChI=1S/C12H18FNS/c1-3-4-5-9(2)15-10-6-7-12(14)11(13)8-10/h6-9H,3-5,14H2,1-2H3. The summed E-state index contributed by atoms with van der Waals surface area (Å²) in [4.78, 5) is 0.963. The summed E-state index contributed by atoms with van der Waals surface area (Å²) in [6, 6.07) is 5.03. The largest absolute Gasteiger partial charge is 0.396 e. The molecule has 0 aliphatic rings. The molecule has 1 aromatic rings. The molecule has 0 aliphatic carbocycles. The highest BCUT2D eigenvalue weighted by Gasteiger charge is 2.06. The second-order valence-corrected chi connectivity index (χ2v) is 5.27. The van der Waals surface area contributed by atoms with E-state index in [1.54, 1.807) is 17.8 Å². The van der Waals surface area contributed by atoms with Crippen LogP contribution in [0.2, 0.25) is 0 Å². The number of thioether (sulfide) groups is 1. The summed E-state index contributed by atoms with van der Waals surface area (Å²) in [5.41, 5.74) is 5.64. The van der Waals surface area contributed by atoms with Crippen LogP contribution in [0.4, 0.5) is 10.1 Å². The van der Waals surface area contributed by atoms with Crippen molar-refractivity contribution in [2.75, 3.05) is 5.73 Å². The average Bonchev–Trinajstić information content (AvgIpc) is 2.20. The molecule has 0 aromatic heterocycles. The minimum Gasteiger partial charge on any atom is -0.396 e. The summed E-state index contributed by atoms with van der Waals surface area (Å²) < 4.78 is 13.1. The predicted molar refractivity (Wildman–Crippen MR) is 65.7 cm³/mol. The Bertz CT molecular complexity index is 314. The first-order valence-corrected chi connectivity index (χ1v) is 6.23. The zero-order valence-corrected chi connectivity index (χ0v) is 10.1. The summed E-state index contributed by atoms with van der Waals surface area (Å²) in [6.45, 7) is 4.36. The highest BCUT2D eigenvalue weighted by Crippen LogP contribution is 2.28. The van der Waals surface area contributed by atoms with E-state index in [4.69, 9.17) is 5.73 Å². The van der Waals surface area contributed by atoms with Crippen molar-refractivity contribution in [3.8, 4) is 0 Å². The molecule has 15 heavy (non-hydrogen) atoms. The number of anilines is 1. The molecule has 1 nitrogen and oxygen atoms in total. The van der Waals surface area contributed by atoms with Crippen molar-refractivity contribution in [3.05, 3.63) is 24.0 Å². The van der Waals surface area contributed by atoms with Crippen LogP contribution in [0.15, 0.2) is 23.1 Å². The fraction of sp³-hybridized carbons (Fsp3) is 0.500. The third kappa shape index (κ3) is 4.12. The van der Waals surface area contributed by atoms with E-state index in [1.807, 2.05) is 6.07 Å². The molecule has 1 rings (SSSR count). The van der Waals surface area contributed by atoms with E-state index in [0.717, 1.165) is 4.90 Å². The van der Waals surface area contributed by atoms with Gasteiger partial charge in [0, 0.05) is 10.1 Å². The maximum absolute atomic E-state index is 13.1. The van der Waals surface area contributed by atoms with Crippen LogP contribution in [0, 0.1) is 5.82 Å². The minimum absolute atomic E-state index is 0.223. The second-order valence-electron chi connectivity index (χ2n) is 3.75. The van der Waals surface area contributed by atoms with Gasteiger partial charge < -0.3 is 5.73 Å². The van der Waals surface area contributed by atoms with E-state index in [9.17, 15) is 4.39 Å². The molecule has 0 radical (unpaired) electrons. The number of benzene rings is 1. The first kappa shape index (κ1) is 12.4. The first-order chi connectivity index (χ1) is 7.13. The molecular formula is C12H18FNS. The van der Waals surface area contributed by atoms with E-state index >= 15 is 0 Å². The van der Waals surface area contributed by atoms with Gasteiger partial charge in [-0.05, 0) is 24.6 Å². The average molecular weight is 227 g/mol. The molecule has 2 N–H and O–H groups in total. The van der Waals surface area contributed by atoms with Crippen LogP contribution in [-0.4, -0.2) is 5.25 Å². The summed E-state index contributed by atoms with van der Waals surface area (Å²) >= 11 is 1.71. The van der Waals surface area contributed by atoms with Crippen molar-refractivity contribution in [1.29, 1.82) is 0 Å². The lowest BCUT2D eigenvalue weighted by molar-refractivity contribution is 0.629. The lowest BCUT2D eigenvalue weighted by atomic mass is 10.2. The van der Waals surface area contributed by atoms with Gasteiger partial charge in [-0.1, -0.05) is 26.7 Å². The number of rotatable bonds is 5. The minimum atomic E-state index is -0.317. The van der Waals surface area contributed by atoms with Gasteiger partial charge in [-0.3, -0.25) is 0 Å². The van der Waals surface area contributed by atoms with Crippen molar-refractivity contribution in [2.24, 2.45) is 0 Å². The number of nitrogens with two attached hydrogens (primary N) is 1. The molecule has 1 unspecified atom stereocenters. The molecule has 0 amide bonds. The van der Waals surface area contributed by atoms with Crippen molar-refractivity contribution in [3.63, 3.8) is 0 Å². The van der Waals surface area contributed by atoms with Crippen molar-refractivity contribution in [1.82, 2.24) is 0 Å². The summed E-state index contributed by atoms with van der Waals surface area (Å²) in [6.07, 6.45) is 3.61. The number of hydrogen-bond acceptors (Lipinski definition) is 2. The molecule has 0 heterocycles. The van der Waals surface area contributed by atoms with E-state index in [1.165, 1.54) is 25.3 Å². The van der Waals surface area contributed by atoms with Gasteiger partial charge in [-0.15, -0.1) is 11.8 Å². The van der Waals surface area contributed by atoms with Gasteiger partial charge in [0.25, 0.3) is 0 Å². The summed E-state index contributed by atoms with van der Waals surface area (Å²) in [5, 5.41) is 0.535. The van der Waals surface area contributed by atoms with Gasteiger partial charge in [0.1, 0.15) is 5.82 Å². The second kappa shape index (κ2) is 6.01. The maximum atomic E-state index is 13.1. The summed E-state index contributed by atoms with van der Waals surface area (Å²) in [7, 11) is 0. The molecule has 0 spiro atoms. The molecule has 0 bridgehead atoms. The fourth-order valence-corrected chi connectivity index (χ4v) is 2.43. The molecular weight excluding hydrogens is 209 g/mol. The Kier molecular flexibility index (Phi) is 4.95. The Balaban J connectivity index is 2.53. The Morgan fingerprint density at radius 1 is 1.47 bits per heavy atom. The Morgan fingerprint density at radius 2 is 2.20 bits per heavy atom. The van der Waals surface area contributed by atoms with Crippen LogP contribution in [0.3, 0.4) is 0 Å². The fourth-order valence-electron chi connectivity index (χ4n) is 1.36. The molecule has 0 saturated carbocycles. The van der Waals surface area contributed by atoms with Gasteiger partial charge in [-0.25, -0.2) is 4.39 Å². The van der Waals surface area contributed by atoms with Crippen LogP contribution in [0.25, 0.3) is 0 Å². The Morgan fingerprint density at radius 3 is 2.80 bits per heavy atom. The highest BCUT2D eigenvalue weighted by molar-refractivity contribution is 7.99. The van der Waals surface area contributed by atoms with E-state index < -0.39 is 0 Å². The number of unbranched alkanes of at least 4 members (excludes halogenated alkanes) is 1. The molecule has 1 atom stereocenters. The zero-order chi connectivity index (χ0) is 11.3. The van der Waals surface area contributed by atoms with Crippen molar-refractivity contribution >= 4 is 17.4 Å². The predicted octanol–water partition coefficient (Wildman–Crippen LogP) is 4.08. The first-order valence-electron chi connectivity index (χ1n) is 5.35. The quantitative estimate of drug-likeness (QED) is 0.606. The van der Waals surface area contributed by atoms with Gasteiger partial charge in [0.05, 0.1) is 5.69 Å². The van der Waals surface area contributed by atoms with E-state index in [2.05, 4.69) is 13.8 Å². The van der Waals surface area contributed by atoms with Crippen LogP contribution in [0.5, 0.6) is 0 Å². The number of halogens is 1. The van der Waals surface area contributed by atoms with E-state index in [-0.39, 0.29) is 11.5 Å². The Hall–Kier alpha value is -0.700. The number of hydrogen-bond donors (Lipinski definition) is 1. The summed E-state index contributed by atoms with van der Waals surface area (Å²) in [5.74, 6) is -0.317. The van der Waals surface area contributed by atoms with Crippen LogP contribution >= 0.6 is 11.8 Å². The van der Waals surface area contributed by atoms with Crippen molar-refractivity contribution in [2.45, 2.75) is 43.3 Å². The molecule has 0 fully saturated rings. The SMILES string of the molecule is CCCCC(C)Sc1ccc(N)c(F)c1. The zero-order valence-electron chi connectivity index (χ0n) is 9.29. The van der Waals surface area contributed by atoms with Gasteiger partial charge in [0.15, 0.2) is 0 Å². The molecule has 1 aromatic carbocycles. The molecule has 3 heteroatoms. The van der Waals surface area contributed by atoms with E-state index in [0.29, 0.717) is 5.25 Å². The van der Waals surface area contributed by atoms with Crippen molar-refractivity contribution < 1.29 is 4.39 Å². The third-order valence-corrected chi connectivity index (χ3v) is 3.44. The third-order valence-electron chi connectivity index (χ3n) is 2.27. The van der Waals surface area contributed by atoms with Gasteiger partial charge in [0.2, 0.25) is 0 Å². The lowest BCUT2D eigenvalue weighted by Crippen LogP contribution is -1.96. The van der Waals surface area contributed by atoms with Crippen LogP contribution in [-0.2, 0) is 0 Å². The van der Waals surface area contributed by atoms with Crippen LogP contribution < -0.4 is 5.73 Å². The highest BCUT2D eigenvalue weighted by atomic mass is 32.2. The topological polar surface area (TPSA) is 26.0 Å². The maximum Gasteiger partial charge on any atom is 0.147 e. The Labute approximate surface area is 95.2 Å². The lowest BCUT2D eigenvalue weighted by Gasteiger charge is -2.10. The number of nitrogen functional groups attached to an aromatic ring is 1.